The Kier molecular flexibility index (Phi) is 4.80. The third kappa shape index (κ3) is 3.83. The maximum absolute atomic E-state index is 12.1. The van der Waals surface area contributed by atoms with Crippen molar-refractivity contribution in [3.63, 3.8) is 0 Å². The quantitative estimate of drug-likeness (QED) is 0.749. The highest BCUT2D eigenvalue weighted by molar-refractivity contribution is 5.59. The normalized spacial score (nSPS) is 15.2. The van der Waals surface area contributed by atoms with Gasteiger partial charge in [0.25, 0.3) is 5.56 Å². The van der Waals surface area contributed by atoms with Crippen LogP contribution in [0.15, 0.2) is 71.5 Å². The molecule has 5 heteroatoms. The van der Waals surface area contributed by atoms with E-state index in [-0.39, 0.29) is 5.56 Å². The van der Waals surface area contributed by atoms with Crippen molar-refractivity contribution in [2.24, 2.45) is 0 Å². The van der Waals surface area contributed by atoms with E-state index in [1.807, 2.05) is 30.3 Å². The fourth-order valence-electron chi connectivity index (χ4n) is 3.45. The molecule has 0 atom stereocenters. The summed E-state index contributed by atoms with van der Waals surface area (Å²) < 4.78 is 0. The van der Waals surface area contributed by atoms with Crippen molar-refractivity contribution in [1.29, 1.82) is 0 Å². The molecule has 1 fully saturated rings. The van der Waals surface area contributed by atoms with E-state index in [4.69, 9.17) is 4.98 Å². The molecule has 26 heavy (non-hydrogen) atoms. The van der Waals surface area contributed by atoms with Gasteiger partial charge in [0.15, 0.2) is 0 Å². The van der Waals surface area contributed by atoms with E-state index in [2.05, 4.69) is 40.2 Å². The fourth-order valence-corrected chi connectivity index (χ4v) is 3.45. The lowest BCUT2D eigenvalue weighted by molar-refractivity contribution is -0.914. The summed E-state index contributed by atoms with van der Waals surface area (Å²) in [6.07, 6.45) is 0. The summed E-state index contributed by atoms with van der Waals surface area (Å²) >= 11 is 0. The predicted octanol–water partition coefficient (Wildman–Crippen LogP) is 1.34. The number of nitrogens with zero attached hydrogens (tertiary/aromatic N) is 2. The summed E-state index contributed by atoms with van der Waals surface area (Å²) in [7, 11) is 0. The van der Waals surface area contributed by atoms with Crippen molar-refractivity contribution in [3.8, 4) is 11.3 Å². The van der Waals surface area contributed by atoms with Crippen molar-refractivity contribution in [3.05, 3.63) is 82.6 Å². The monoisotopic (exact) mass is 347 g/mol. The second-order valence-electron chi connectivity index (χ2n) is 6.72. The minimum Gasteiger partial charge on any atom is -0.331 e. The molecular weight excluding hydrogens is 324 g/mol. The van der Waals surface area contributed by atoms with Gasteiger partial charge >= 0.3 is 0 Å². The lowest BCUT2D eigenvalue weighted by Crippen LogP contribution is -3.13. The second-order valence-corrected chi connectivity index (χ2v) is 6.72. The molecule has 1 aliphatic heterocycles. The first-order chi connectivity index (χ1) is 12.8. The zero-order valence-electron chi connectivity index (χ0n) is 14.7. The van der Waals surface area contributed by atoms with Gasteiger partial charge in [-0.2, -0.15) is 0 Å². The smallest absolute Gasteiger partial charge is 0.252 e. The second kappa shape index (κ2) is 7.54. The highest BCUT2D eigenvalue weighted by Crippen LogP contribution is 2.17. The number of benzene rings is 2. The highest BCUT2D eigenvalue weighted by Gasteiger charge is 2.22. The van der Waals surface area contributed by atoms with Crippen molar-refractivity contribution >= 4 is 5.95 Å². The van der Waals surface area contributed by atoms with E-state index in [9.17, 15) is 4.79 Å². The summed E-state index contributed by atoms with van der Waals surface area (Å²) in [4.78, 5) is 23.5. The molecule has 1 saturated heterocycles. The maximum Gasteiger partial charge on any atom is 0.252 e. The molecule has 4 rings (SSSR count). The van der Waals surface area contributed by atoms with Gasteiger partial charge in [0.05, 0.1) is 31.9 Å². The van der Waals surface area contributed by atoms with Gasteiger partial charge < -0.3 is 9.80 Å². The third-order valence-electron chi connectivity index (χ3n) is 4.87. The number of nitrogens with one attached hydrogen (secondary N) is 2. The molecule has 0 amide bonds. The number of rotatable bonds is 4. The van der Waals surface area contributed by atoms with Crippen LogP contribution in [0.25, 0.3) is 11.3 Å². The van der Waals surface area contributed by atoms with Crippen molar-refractivity contribution in [2.45, 2.75) is 6.54 Å². The molecule has 0 spiro atoms. The molecular formula is C21H23N4O+. The van der Waals surface area contributed by atoms with Crippen LogP contribution in [0.1, 0.15) is 5.56 Å². The molecule has 0 aliphatic carbocycles. The Labute approximate surface area is 152 Å². The molecule has 3 aromatic rings. The Morgan fingerprint density at radius 2 is 1.62 bits per heavy atom. The minimum absolute atomic E-state index is 0.104. The van der Waals surface area contributed by atoms with Crippen LogP contribution >= 0.6 is 0 Å². The van der Waals surface area contributed by atoms with Gasteiger partial charge in [-0.05, 0) is 0 Å². The maximum atomic E-state index is 12.1. The fraction of sp³-hybridized carbons (Fsp3) is 0.238. The number of quaternary nitrogens is 1. The van der Waals surface area contributed by atoms with Crippen LogP contribution < -0.4 is 15.4 Å². The number of anilines is 1. The van der Waals surface area contributed by atoms with Gasteiger partial charge in [0, 0.05) is 17.2 Å². The van der Waals surface area contributed by atoms with Crippen LogP contribution in [0.2, 0.25) is 0 Å². The summed E-state index contributed by atoms with van der Waals surface area (Å²) in [6.45, 7) is 4.90. The number of aromatic amines is 1. The zero-order chi connectivity index (χ0) is 17.8. The van der Waals surface area contributed by atoms with Gasteiger partial charge in [-0.3, -0.25) is 9.78 Å². The molecule has 2 N–H and O–H groups in total. The highest BCUT2D eigenvalue weighted by atomic mass is 16.1. The summed E-state index contributed by atoms with van der Waals surface area (Å²) in [5.74, 6) is 0.676. The first kappa shape index (κ1) is 16.5. The number of H-pyrrole nitrogens is 1. The van der Waals surface area contributed by atoms with Gasteiger partial charge in [0.1, 0.15) is 6.54 Å². The Hall–Kier alpha value is -2.92. The Bertz CT molecular complexity index is 900. The first-order valence-electron chi connectivity index (χ1n) is 9.07. The number of piperazine rings is 1. The van der Waals surface area contributed by atoms with Gasteiger partial charge in [-0.15, -0.1) is 0 Å². The van der Waals surface area contributed by atoms with Gasteiger partial charge in [0.2, 0.25) is 5.95 Å². The van der Waals surface area contributed by atoms with Gasteiger partial charge in [-0.25, -0.2) is 4.98 Å². The van der Waals surface area contributed by atoms with Gasteiger partial charge in [-0.1, -0.05) is 60.7 Å². The summed E-state index contributed by atoms with van der Waals surface area (Å²) in [6, 6.07) is 22.0. The van der Waals surface area contributed by atoms with Crippen LogP contribution in [-0.4, -0.2) is 36.1 Å². The molecule has 5 nitrogen and oxygen atoms in total. The van der Waals surface area contributed by atoms with Crippen molar-refractivity contribution in [1.82, 2.24) is 9.97 Å². The van der Waals surface area contributed by atoms with E-state index in [0.29, 0.717) is 5.95 Å². The number of aromatic nitrogens is 2. The molecule has 0 saturated carbocycles. The average molecular weight is 347 g/mol. The SMILES string of the molecule is O=c1cc(-c2ccccc2)nc(N2CC[NH+](Cc3ccccc3)CC2)[nH]1. The topological polar surface area (TPSA) is 53.4 Å². The molecule has 0 bridgehead atoms. The standard InChI is InChI=1S/C21H22N4O/c26-20-15-19(18-9-5-2-6-10-18)22-21(23-20)25-13-11-24(12-14-25)16-17-7-3-1-4-8-17/h1-10,15H,11-14,16H2,(H,22,23,26)/p+1. The molecule has 0 radical (unpaired) electrons. The first-order valence-corrected chi connectivity index (χ1v) is 9.07. The molecule has 1 aromatic heterocycles. The Balaban J connectivity index is 1.46. The Morgan fingerprint density at radius 1 is 0.962 bits per heavy atom. The Morgan fingerprint density at radius 3 is 2.31 bits per heavy atom. The molecule has 2 heterocycles. The minimum atomic E-state index is -0.104. The largest absolute Gasteiger partial charge is 0.331 e. The van der Waals surface area contributed by atoms with Crippen LogP contribution in [0.5, 0.6) is 0 Å². The molecule has 2 aromatic carbocycles. The van der Waals surface area contributed by atoms with E-state index < -0.39 is 0 Å². The number of hydrogen-bond donors (Lipinski definition) is 2. The molecule has 132 valence electrons. The lowest BCUT2D eigenvalue weighted by atomic mass is 10.1. The summed E-state index contributed by atoms with van der Waals surface area (Å²) in [5, 5.41) is 0. The van der Waals surface area contributed by atoms with Crippen LogP contribution in [0.4, 0.5) is 5.95 Å². The predicted molar refractivity (Wildman–Crippen MR) is 103 cm³/mol. The van der Waals surface area contributed by atoms with E-state index >= 15 is 0 Å². The lowest BCUT2D eigenvalue weighted by Gasteiger charge is -2.32. The van der Waals surface area contributed by atoms with Crippen LogP contribution in [0.3, 0.4) is 0 Å². The van der Waals surface area contributed by atoms with Crippen LogP contribution in [0, 0.1) is 0 Å². The molecule has 1 aliphatic rings. The van der Waals surface area contributed by atoms with Crippen molar-refractivity contribution in [2.75, 3.05) is 31.1 Å². The number of hydrogen-bond acceptors (Lipinski definition) is 3. The molecule has 0 unspecified atom stereocenters. The average Bonchev–Trinajstić information content (AvgIpc) is 2.70. The summed E-state index contributed by atoms with van der Waals surface area (Å²) in [5.41, 5.74) is 2.96. The van der Waals surface area contributed by atoms with E-state index in [0.717, 1.165) is 44.0 Å². The zero-order valence-corrected chi connectivity index (χ0v) is 14.7. The van der Waals surface area contributed by atoms with Crippen LogP contribution in [-0.2, 0) is 6.54 Å². The third-order valence-corrected chi connectivity index (χ3v) is 4.87. The van der Waals surface area contributed by atoms with E-state index in [1.54, 1.807) is 11.0 Å². The van der Waals surface area contributed by atoms with Crippen molar-refractivity contribution < 1.29 is 4.90 Å². The van der Waals surface area contributed by atoms with E-state index in [1.165, 1.54) is 5.56 Å².